The van der Waals surface area contributed by atoms with Crippen molar-refractivity contribution in [1.29, 1.82) is 0 Å². The van der Waals surface area contributed by atoms with Crippen LogP contribution >= 0.6 is 11.3 Å². The summed E-state index contributed by atoms with van der Waals surface area (Å²) in [5.41, 5.74) is 2.08. The molecule has 1 aliphatic rings. The van der Waals surface area contributed by atoms with E-state index in [0.717, 1.165) is 43.4 Å². The summed E-state index contributed by atoms with van der Waals surface area (Å²) in [6.45, 7) is 11.2. The molecule has 1 aromatic heterocycles. The van der Waals surface area contributed by atoms with Crippen LogP contribution in [0.1, 0.15) is 25.8 Å². The van der Waals surface area contributed by atoms with E-state index < -0.39 is 0 Å². The van der Waals surface area contributed by atoms with E-state index in [1.54, 1.807) is 11.3 Å². The monoisotopic (exact) mass is 422 g/mol. The molecular weight excluding hydrogens is 392 g/mol. The number of nitrogens with zero attached hydrogens (tertiary/aromatic N) is 3. The largest absolute Gasteiger partial charge is 0.350 e. The highest BCUT2D eigenvalue weighted by molar-refractivity contribution is 7.09. The molecule has 1 amide bonds. The summed E-state index contributed by atoms with van der Waals surface area (Å²) < 4.78 is 0. The quantitative estimate of drug-likeness (QED) is 0.675. The van der Waals surface area contributed by atoms with Crippen molar-refractivity contribution in [2.24, 2.45) is 0 Å². The number of piperazine rings is 1. The van der Waals surface area contributed by atoms with Gasteiger partial charge in [0.1, 0.15) is 5.01 Å². The van der Waals surface area contributed by atoms with Gasteiger partial charge in [-0.05, 0) is 31.5 Å². The summed E-state index contributed by atoms with van der Waals surface area (Å²) in [4.78, 5) is 21.8. The van der Waals surface area contributed by atoms with Crippen LogP contribution in [0.25, 0.3) is 22.0 Å². The van der Waals surface area contributed by atoms with Gasteiger partial charge >= 0.3 is 0 Å². The molecule has 0 atom stereocenters. The number of hydrogen-bond donors (Lipinski definition) is 1. The van der Waals surface area contributed by atoms with Gasteiger partial charge in [-0.25, -0.2) is 4.98 Å². The molecule has 6 heteroatoms. The van der Waals surface area contributed by atoms with Crippen LogP contribution in [0.15, 0.2) is 47.8 Å². The Morgan fingerprint density at radius 1 is 1.03 bits per heavy atom. The van der Waals surface area contributed by atoms with Gasteiger partial charge in [0.15, 0.2) is 0 Å². The Balaban J connectivity index is 1.34. The molecule has 4 rings (SSSR count). The Morgan fingerprint density at radius 3 is 2.50 bits per heavy atom. The Hall–Kier alpha value is -2.28. The van der Waals surface area contributed by atoms with Crippen molar-refractivity contribution >= 4 is 28.0 Å². The molecule has 0 radical (unpaired) electrons. The molecule has 0 unspecified atom stereocenters. The topological polar surface area (TPSA) is 48.5 Å². The van der Waals surface area contributed by atoms with Gasteiger partial charge in [-0.3, -0.25) is 14.6 Å². The molecule has 1 aliphatic heterocycles. The van der Waals surface area contributed by atoms with Gasteiger partial charge in [0.2, 0.25) is 5.91 Å². The van der Waals surface area contributed by atoms with Crippen molar-refractivity contribution in [3.8, 4) is 11.3 Å². The molecule has 1 N–H and O–H groups in total. The predicted octanol–water partition coefficient (Wildman–Crippen LogP) is 4.00. The van der Waals surface area contributed by atoms with E-state index in [2.05, 4.69) is 63.0 Å². The predicted molar refractivity (Wildman–Crippen MR) is 125 cm³/mol. The van der Waals surface area contributed by atoms with Crippen LogP contribution in [-0.4, -0.2) is 59.0 Å². The van der Waals surface area contributed by atoms with Gasteiger partial charge in [-0.1, -0.05) is 42.5 Å². The lowest BCUT2D eigenvalue weighted by Gasteiger charge is -2.34. The van der Waals surface area contributed by atoms with Gasteiger partial charge in [0.05, 0.1) is 18.8 Å². The third-order valence-electron chi connectivity index (χ3n) is 5.32. The molecule has 1 saturated heterocycles. The summed E-state index contributed by atoms with van der Waals surface area (Å²) in [5.74, 6) is 0.107. The lowest BCUT2D eigenvalue weighted by atomic mass is 10.0. The molecule has 158 valence electrons. The molecule has 0 spiro atoms. The molecule has 2 heterocycles. The molecule has 0 bridgehead atoms. The Labute approximate surface area is 182 Å². The maximum absolute atomic E-state index is 12.2. The third-order valence-corrected chi connectivity index (χ3v) is 6.16. The van der Waals surface area contributed by atoms with Crippen molar-refractivity contribution in [2.75, 3.05) is 32.7 Å². The number of nitrogens with one attached hydrogen (secondary N) is 1. The average Bonchev–Trinajstić information content (AvgIpc) is 3.16. The van der Waals surface area contributed by atoms with Gasteiger partial charge in [-0.2, -0.15) is 0 Å². The minimum atomic E-state index is -0.175. The summed E-state index contributed by atoms with van der Waals surface area (Å²) in [5, 5.41) is 8.86. The Morgan fingerprint density at radius 2 is 1.73 bits per heavy atom. The standard InChI is InChI=1S/C24H30N4OS/c1-24(2,3)26-22(29)15-27-11-13-28(14-12-27)16-23-25-21(17-30-23)20-10-6-8-18-7-4-5-9-19(18)20/h4-10,17H,11-16H2,1-3H3,(H,26,29). The van der Waals surface area contributed by atoms with Crippen LogP contribution in [0.4, 0.5) is 0 Å². The van der Waals surface area contributed by atoms with Crippen molar-refractivity contribution in [3.63, 3.8) is 0 Å². The minimum Gasteiger partial charge on any atom is -0.350 e. The summed E-state index contributed by atoms with van der Waals surface area (Å²) in [6, 6.07) is 14.9. The maximum atomic E-state index is 12.2. The normalized spacial score (nSPS) is 16.1. The van der Waals surface area contributed by atoms with Crippen molar-refractivity contribution in [2.45, 2.75) is 32.9 Å². The lowest BCUT2D eigenvalue weighted by Crippen LogP contribution is -2.51. The molecule has 0 aliphatic carbocycles. The first-order valence-corrected chi connectivity index (χ1v) is 11.4. The Bertz CT molecular complexity index is 1010. The van der Waals surface area contributed by atoms with Gasteiger partial charge in [-0.15, -0.1) is 11.3 Å². The molecule has 0 saturated carbocycles. The number of amides is 1. The van der Waals surface area contributed by atoms with Crippen LogP contribution in [0.2, 0.25) is 0 Å². The molecule has 3 aromatic rings. The first-order chi connectivity index (χ1) is 14.4. The summed E-state index contributed by atoms with van der Waals surface area (Å²) in [7, 11) is 0. The van der Waals surface area contributed by atoms with Crippen molar-refractivity contribution < 1.29 is 4.79 Å². The number of thiazole rings is 1. The zero-order valence-electron chi connectivity index (χ0n) is 18.0. The van der Waals surface area contributed by atoms with E-state index in [0.29, 0.717) is 6.54 Å². The number of hydrogen-bond acceptors (Lipinski definition) is 5. The second-order valence-electron chi connectivity index (χ2n) is 9.00. The van der Waals surface area contributed by atoms with E-state index in [9.17, 15) is 4.79 Å². The second kappa shape index (κ2) is 8.84. The first-order valence-electron chi connectivity index (χ1n) is 10.6. The average molecular weight is 423 g/mol. The highest BCUT2D eigenvalue weighted by Gasteiger charge is 2.22. The van der Waals surface area contributed by atoms with Crippen LogP contribution in [0.3, 0.4) is 0 Å². The molecule has 30 heavy (non-hydrogen) atoms. The van der Waals surface area contributed by atoms with E-state index in [-0.39, 0.29) is 11.4 Å². The number of rotatable bonds is 5. The number of carbonyl (C=O) groups excluding carboxylic acids is 1. The summed E-state index contributed by atoms with van der Waals surface area (Å²) in [6.07, 6.45) is 0. The fourth-order valence-electron chi connectivity index (χ4n) is 3.91. The van der Waals surface area contributed by atoms with Crippen molar-refractivity contribution in [3.05, 3.63) is 52.9 Å². The molecule has 2 aromatic carbocycles. The van der Waals surface area contributed by atoms with Gasteiger partial charge < -0.3 is 5.32 Å². The number of carbonyl (C=O) groups is 1. The van der Waals surface area contributed by atoms with E-state index in [1.807, 2.05) is 20.8 Å². The zero-order valence-corrected chi connectivity index (χ0v) is 18.8. The van der Waals surface area contributed by atoms with E-state index in [1.165, 1.54) is 16.3 Å². The minimum absolute atomic E-state index is 0.107. The number of benzene rings is 2. The maximum Gasteiger partial charge on any atom is 0.234 e. The van der Waals surface area contributed by atoms with Gasteiger partial charge in [0.25, 0.3) is 0 Å². The fraction of sp³-hybridized carbons (Fsp3) is 0.417. The molecule has 1 fully saturated rings. The third kappa shape index (κ3) is 5.25. The highest BCUT2D eigenvalue weighted by atomic mass is 32.1. The van der Waals surface area contributed by atoms with E-state index >= 15 is 0 Å². The number of aromatic nitrogens is 1. The lowest BCUT2D eigenvalue weighted by molar-refractivity contribution is -0.124. The van der Waals surface area contributed by atoms with Crippen LogP contribution in [0, 0.1) is 0 Å². The van der Waals surface area contributed by atoms with Crippen molar-refractivity contribution in [1.82, 2.24) is 20.1 Å². The highest BCUT2D eigenvalue weighted by Crippen LogP contribution is 2.29. The van der Waals surface area contributed by atoms with E-state index in [4.69, 9.17) is 4.98 Å². The summed E-state index contributed by atoms with van der Waals surface area (Å²) >= 11 is 1.73. The first kappa shape index (κ1) is 21.0. The van der Waals surface area contributed by atoms with Crippen LogP contribution in [-0.2, 0) is 11.3 Å². The number of fused-ring (bicyclic) bond motifs is 1. The van der Waals surface area contributed by atoms with Gasteiger partial charge in [0, 0.05) is 42.7 Å². The SMILES string of the molecule is CC(C)(C)NC(=O)CN1CCN(Cc2nc(-c3cccc4ccccc34)cs2)CC1. The fourth-order valence-corrected chi connectivity index (χ4v) is 4.75. The zero-order chi connectivity index (χ0) is 21.1. The van der Waals surface area contributed by atoms with Crippen LogP contribution < -0.4 is 5.32 Å². The van der Waals surface area contributed by atoms with Crippen LogP contribution in [0.5, 0.6) is 0 Å². The second-order valence-corrected chi connectivity index (χ2v) is 9.95. The molecule has 5 nitrogen and oxygen atoms in total. The smallest absolute Gasteiger partial charge is 0.234 e. The Kier molecular flexibility index (Phi) is 6.18. The molecular formula is C24H30N4OS.